The van der Waals surface area contributed by atoms with Gasteiger partial charge in [-0.25, -0.2) is 0 Å². The summed E-state index contributed by atoms with van der Waals surface area (Å²) in [7, 11) is 0. The second kappa shape index (κ2) is 7.23. The predicted octanol–water partition coefficient (Wildman–Crippen LogP) is 4.57. The number of hydrogen-bond donors (Lipinski definition) is 1. The maximum atomic E-state index is 12.3. The summed E-state index contributed by atoms with van der Waals surface area (Å²) in [4.78, 5) is 20.9. The van der Waals surface area contributed by atoms with Crippen molar-refractivity contribution in [2.75, 3.05) is 5.32 Å². The molecular weight excluding hydrogens is 372 g/mol. The fourth-order valence-electron chi connectivity index (χ4n) is 2.55. The number of pyridine rings is 1. The predicted molar refractivity (Wildman–Crippen MR) is 101 cm³/mol. The van der Waals surface area contributed by atoms with Crippen molar-refractivity contribution in [2.24, 2.45) is 0 Å². The van der Waals surface area contributed by atoms with Gasteiger partial charge in [-0.2, -0.15) is 16.3 Å². The summed E-state index contributed by atoms with van der Waals surface area (Å²) < 4.78 is 5.21. The van der Waals surface area contributed by atoms with Gasteiger partial charge in [0.05, 0.1) is 11.2 Å². The zero-order valence-electron chi connectivity index (χ0n) is 13.5. The molecule has 0 atom stereocenters. The largest absolute Gasteiger partial charge is 0.339 e. The van der Waals surface area contributed by atoms with E-state index in [1.165, 1.54) is 0 Å². The minimum absolute atomic E-state index is 0.172. The van der Waals surface area contributed by atoms with Crippen LogP contribution in [-0.4, -0.2) is 21.0 Å². The number of fused-ring (bicyclic) bond motifs is 1. The number of rotatable bonds is 5. The van der Waals surface area contributed by atoms with E-state index in [1.54, 1.807) is 23.6 Å². The van der Waals surface area contributed by atoms with Gasteiger partial charge in [-0.15, -0.1) is 0 Å². The molecule has 0 radical (unpaired) electrons. The van der Waals surface area contributed by atoms with Crippen molar-refractivity contribution in [2.45, 2.75) is 12.8 Å². The van der Waals surface area contributed by atoms with Gasteiger partial charge in [0.1, 0.15) is 0 Å². The van der Waals surface area contributed by atoms with Crippen molar-refractivity contribution >= 4 is 45.4 Å². The molecule has 0 aliphatic carbocycles. The van der Waals surface area contributed by atoms with E-state index in [-0.39, 0.29) is 12.3 Å². The smallest absolute Gasteiger partial charge is 0.227 e. The van der Waals surface area contributed by atoms with Gasteiger partial charge in [0.15, 0.2) is 0 Å². The molecule has 130 valence electrons. The number of anilines is 1. The van der Waals surface area contributed by atoms with Crippen molar-refractivity contribution in [1.29, 1.82) is 0 Å². The quantitative estimate of drug-likeness (QED) is 0.545. The molecule has 8 heteroatoms. The zero-order valence-corrected chi connectivity index (χ0v) is 15.0. The van der Waals surface area contributed by atoms with Crippen molar-refractivity contribution in [3.8, 4) is 11.4 Å². The van der Waals surface area contributed by atoms with Crippen LogP contribution in [-0.2, 0) is 11.2 Å². The van der Waals surface area contributed by atoms with E-state index in [1.807, 2.05) is 35.0 Å². The molecular formula is C18H13ClN4O2S. The Morgan fingerprint density at radius 3 is 3.08 bits per heavy atom. The summed E-state index contributed by atoms with van der Waals surface area (Å²) in [5, 5.41) is 12.1. The Bertz CT molecular complexity index is 1060. The van der Waals surface area contributed by atoms with Crippen LogP contribution in [0.25, 0.3) is 22.3 Å². The van der Waals surface area contributed by atoms with Crippen LogP contribution >= 0.6 is 22.9 Å². The Morgan fingerprint density at radius 1 is 1.31 bits per heavy atom. The zero-order chi connectivity index (χ0) is 17.9. The molecule has 4 rings (SSSR count). The van der Waals surface area contributed by atoms with Crippen LogP contribution in [0.4, 0.5) is 5.69 Å². The van der Waals surface area contributed by atoms with Gasteiger partial charge in [-0.3, -0.25) is 9.78 Å². The lowest BCUT2D eigenvalue weighted by molar-refractivity contribution is -0.116. The number of benzene rings is 1. The molecule has 26 heavy (non-hydrogen) atoms. The van der Waals surface area contributed by atoms with Gasteiger partial charge >= 0.3 is 0 Å². The Balaban J connectivity index is 1.43. The van der Waals surface area contributed by atoms with Gasteiger partial charge in [-0.05, 0) is 29.6 Å². The third-order valence-corrected chi connectivity index (χ3v) is 4.66. The van der Waals surface area contributed by atoms with Crippen LogP contribution in [0.15, 0.2) is 51.8 Å². The fourth-order valence-corrected chi connectivity index (χ4v) is 3.41. The molecule has 1 aromatic carbocycles. The molecule has 1 N–H and O–H groups in total. The van der Waals surface area contributed by atoms with E-state index >= 15 is 0 Å². The molecule has 0 unspecified atom stereocenters. The van der Waals surface area contributed by atoms with E-state index in [4.69, 9.17) is 16.1 Å². The van der Waals surface area contributed by atoms with Gasteiger partial charge in [-0.1, -0.05) is 22.8 Å². The first-order valence-electron chi connectivity index (χ1n) is 7.88. The monoisotopic (exact) mass is 384 g/mol. The van der Waals surface area contributed by atoms with Crippen molar-refractivity contribution < 1.29 is 9.32 Å². The van der Waals surface area contributed by atoms with Crippen LogP contribution in [0.2, 0.25) is 5.02 Å². The van der Waals surface area contributed by atoms with Gasteiger partial charge in [0.2, 0.25) is 17.6 Å². The summed E-state index contributed by atoms with van der Waals surface area (Å²) >= 11 is 7.68. The number of amides is 1. The maximum absolute atomic E-state index is 12.3. The van der Waals surface area contributed by atoms with Crippen LogP contribution in [0.1, 0.15) is 12.3 Å². The van der Waals surface area contributed by atoms with E-state index < -0.39 is 0 Å². The number of nitrogens with one attached hydrogen (secondary N) is 1. The molecule has 6 nitrogen and oxygen atoms in total. The third kappa shape index (κ3) is 3.58. The van der Waals surface area contributed by atoms with Gasteiger partial charge in [0.25, 0.3) is 0 Å². The van der Waals surface area contributed by atoms with Crippen LogP contribution in [0.3, 0.4) is 0 Å². The average molecular weight is 385 g/mol. The highest BCUT2D eigenvalue weighted by atomic mass is 35.5. The van der Waals surface area contributed by atoms with Gasteiger partial charge < -0.3 is 9.84 Å². The molecule has 0 aliphatic rings. The number of nitrogens with zero attached hydrogens (tertiary/aromatic N) is 3. The molecule has 1 amide bonds. The number of aromatic nitrogens is 3. The fraction of sp³-hybridized carbons (Fsp3) is 0.111. The van der Waals surface area contributed by atoms with Crippen molar-refractivity contribution in [1.82, 2.24) is 15.1 Å². The van der Waals surface area contributed by atoms with Gasteiger partial charge in [0, 0.05) is 40.4 Å². The molecule has 0 fully saturated rings. The second-order valence-corrected chi connectivity index (χ2v) is 6.82. The highest BCUT2D eigenvalue weighted by Gasteiger charge is 2.12. The highest BCUT2D eigenvalue weighted by Crippen LogP contribution is 2.26. The van der Waals surface area contributed by atoms with Crippen LogP contribution in [0.5, 0.6) is 0 Å². The van der Waals surface area contributed by atoms with E-state index in [0.717, 1.165) is 10.9 Å². The summed E-state index contributed by atoms with van der Waals surface area (Å²) in [6.45, 7) is 0. The minimum atomic E-state index is -0.172. The van der Waals surface area contributed by atoms with E-state index in [9.17, 15) is 4.79 Å². The third-order valence-electron chi connectivity index (χ3n) is 3.76. The lowest BCUT2D eigenvalue weighted by atomic mass is 10.2. The number of hydrogen-bond acceptors (Lipinski definition) is 6. The molecule has 0 bridgehead atoms. The second-order valence-electron chi connectivity index (χ2n) is 5.60. The lowest BCUT2D eigenvalue weighted by Crippen LogP contribution is -2.13. The first kappa shape index (κ1) is 16.7. The van der Waals surface area contributed by atoms with Crippen LogP contribution < -0.4 is 5.32 Å². The Morgan fingerprint density at radius 2 is 2.23 bits per heavy atom. The Hall–Kier alpha value is -2.77. The number of carbonyl (C=O) groups is 1. The topological polar surface area (TPSA) is 80.9 Å². The normalized spacial score (nSPS) is 11.0. The number of carbonyl (C=O) groups excluding carboxylic acids is 1. The standard InChI is InChI=1S/C18H13ClN4O2S/c19-13-8-11-2-1-6-20-17(11)14(9-13)21-15(24)3-4-16-22-18(23-25-16)12-5-7-26-10-12/h1-2,5-10H,3-4H2,(H,21,24). The highest BCUT2D eigenvalue weighted by molar-refractivity contribution is 7.08. The molecule has 0 aliphatic heterocycles. The maximum Gasteiger partial charge on any atom is 0.227 e. The van der Waals surface area contributed by atoms with Crippen LogP contribution in [0, 0.1) is 0 Å². The average Bonchev–Trinajstić information content (AvgIpc) is 3.31. The summed E-state index contributed by atoms with van der Waals surface area (Å²) in [6.07, 6.45) is 2.25. The first-order chi connectivity index (χ1) is 12.7. The molecule has 4 aromatic rings. The summed E-state index contributed by atoms with van der Waals surface area (Å²) in [6, 6.07) is 9.14. The summed E-state index contributed by atoms with van der Waals surface area (Å²) in [5.74, 6) is 0.789. The van der Waals surface area contributed by atoms with E-state index in [2.05, 4.69) is 20.4 Å². The van der Waals surface area contributed by atoms with Crippen molar-refractivity contribution in [3.05, 3.63) is 58.2 Å². The SMILES string of the molecule is O=C(CCc1nc(-c2ccsc2)no1)Nc1cc(Cl)cc2cccnc12. The molecule has 3 aromatic heterocycles. The molecule has 0 saturated carbocycles. The Kier molecular flexibility index (Phi) is 4.64. The number of thiophene rings is 1. The Labute approximate surface area is 157 Å². The molecule has 0 spiro atoms. The lowest BCUT2D eigenvalue weighted by Gasteiger charge is -2.08. The number of halogens is 1. The molecule has 0 saturated heterocycles. The minimum Gasteiger partial charge on any atom is -0.339 e. The number of aryl methyl sites for hydroxylation is 1. The van der Waals surface area contributed by atoms with E-state index in [0.29, 0.717) is 34.4 Å². The first-order valence-corrected chi connectivity index (χ1v) is 9.20. The molecule has 3 heterocycles. The summed E-state index contributed by atoms with van der Waals surface area (Å²) in [5.41, 5.74) is 2.19. The van der Waals surface area contributed by atoms with Crippen molar-refractivity contribution in [3.63, 3.8) is 0 Å².